The zero-order valence-corrected chi connectivity index (χ0v) is 31.2. The molecule has 0 aliphatic carbocycles. The first-order valence-corrected chi connectivity index (χ1v) is 19.2. The smallest absolute Gasteiger partial charge is 0.0420 e. The molecule has 0 saturated carbocycles. The number of allylic oxidation sites excluding steroid dienone is 4. The summed E-state index contributed by atoms with van der Waals surface area (Å²) in [5.41, 5.74) is 9.46. The van der Waals surface area contributed by atoms with Crippen LogP contribution in [-0.2, 0) is 0 Å². The van der Waals surface area contributed by atoms with E-state index in [1.165, 1.54) is 54.9 Å². The zero-order chi connectivity index (χ0) is 35.4. The molecular formula is C50H40IN. The van der Waals surface area contributed by atoms with Gasteiger partial charge in [-0.3, -0.25) is 0 Å². The second kappa shape index (κ2) is 17.5. The van der Waals surface area contributed by atoms with E-state index in [4.69, 9.17) is 0 Å². The summed E-state index contributed by atoms with van der Waals surface area (Å²) >= 11 is 2.41. The van der Waals surface area contributed by atoms with Gasteiger partial charge in [0.1, 0.15) is 0 Å². The highest BCUT2D eigenvalue weighted by Gasteiger charge is 2.11. The first-order chi connectivity index (χ1) is 25.7. The van der Waals surface area contributed by atoms with Crippen LogP contribution in [0.25, 0.3) is 51.9 Å². The van der Waals surface area contributed by atoms with Gasteiger partial charge in [0.2, 0.25) is 0 Å². The molecule has 0 radical (unpaired) electrons. The van der Waals surface area contributed by atoms with Gasteiger partial charge in [0.25, 0.3) is 0 Å². The Morgan fingerprint density at radius 1 is 0.442 bits per heavy atom. The van der Waals surface area contributed by atoms with E-state index in [-0.39, 0.29) is 0 Å². The van der Waals surface area contributed by atoms with Crippen molar-refractivity contribution in [2.24, 2.45) is 0 Å². The van der Waals surface area contributed by atoms with Crippen molar-refractivity contribution in [2.75, 3.05) is 15.9 Å². The maximum Gasteiger partial charge on any atom is 0.0420 e. The largest absolute Gasteiger partial charge is 0.338 e. The highest BCUT2D eigenvalue weighted by Crippen LogP contribution is 2.33. The van der Waals surface area contributed by atoms with Crippen molar-refractivity contribution < 1.29 is 0 Å². The standard InChI is InChI=1S/C50H40IN/c51-35-34-42(20-18-39-11-4-1-5-12-39)17-10-36-52(47-29-24-43(25-30-47)21-19-40-13-6-2-7-14-40)48-31-33-50-46(38-48)28-27-45-37-44(26-32-49(45)50)23-22-41-15-8-3-9-16-41/h1-34,37-38H,35-36H2/b17-10-,20-18+,21-19+,23-22+,42-34+. The summed E-state index contributed by atoms with van der Waals surface area (Å²) < 4.78 is 0.946. The van der Waals surface area contributed by atoms with Crippen LogP contribution in [-0.4, -0.2) is 11.0 Å². The molecule has 7 rings (SSSR count). The lowest BCUT2D eigenvalue weighted by atomic mass is 9.99. The number of anilines is 2. The van der Waals surface area contributed by atoms with Gasteiger partial charge in [-0.25, -0.2) is 0 Å². The van der Waals surface area contributed by atoms with Crippen LogP contribution >= 0.6 is 22.6 Å². The first-order valence-electron chi connectivity index (χ1n) is 17.7. The minimum Gasteiger partial charge on any atom is -0.338 e. The zero-order valence-electron chi connectivity index (χ0n) is 29.0. The lowest BCUT2D eigenvalue weighted by molar-refractivity contribution is 1.10. The average Bonchev–Trinajstić information content (AvgIpc) is 3.21. The second-order valence-electron chi connectivity index (χ2n) is 12.6. The third-order valence-corrected chi connectivity index (χ3v) is 9.51. The van der Waals surface area contributed by atoms with Gasteiger partial charge in [0.15, 0.2) is 0 Å². The number of alkyl halides is 1. The van der Waals surface area contributed by atoms with E-state index in [0.717, 1.165) is 22.3 Å². The van der Waals surface area contributed by atoms with Crippen LogP contribution in [0.5, 0.6) is 0 Å². The van der Waals surface area contributed by atoms with E-state index >= 15 is 0 Å². The van der Waals surface area contributed by atoms with Crippen molar-refractivity contribution >= 4 is 85.9 Å². The molecule has 52 heavy (non-hydrogen) atoms. The molecule has 0 fully saturated rings. The molecule has 0 unspecified atom stereocenters. The monoisotopic (exact) mass is 781 g/mol. The molecule has 0 heterocycles. The van der Waals surface area contributed by atoms with Gasteiger partial charge in [-0.2, -0.15) is 0 Å². The van der Waals surface area contributed by atoms with Crippen molar-refractivity contribution in [1.82, 2.24) is 0 Å². The summed E-state index contributed by atoms with van der Waals surface area (Å²) in [6.07, 6.45) is 19.8. The third-order valence-electron chi connectivity index (χ3n) is 9.07. The molecule has 0 aliphatic rings. The number of hydrogen-bond donors (Lipinski definition) is 0. The second-order valence-corrected chi connectivity index (χ2v) is 13.5. The van der Waals surface area contributed by atoms with Crippen LogP contribution in [0, 0.1) is 0 Å². The Morgan fingerprint density at radius 3 is 1.52 bits per heavy atom. The number of nitrogens with zero attached hydrogens (tertiary/aromatic N) is 1. The fraction of sp³-hybridized carbons (Fsp3) is 0.0400. The number of hydrogen-bond acceptors (Lipinski definition) is 1. The van der Waals surface area contributed by atoms with Gasteiger partial charge in [0, 0.05) is 22.3 Å². The molecule has 0 saturated heterocycles. The van der Waals surface area contributed by atoms with Crippen LogP contribution in [0.2, 0.25) is 0 Å². The number of rotatable bonds is 12. The molecule has 1 nitrogen and oxygen atoms in total. The molecule has 2 heteroatoms. The summed E-state index contributed by atoms with van der Waals surface area (Å²) in [6.45, 7) is 0.729. The number of halogens is 1. The predicted molar refractivity (Wildman–Crippen MR) is 237 cm³/mol. The Bertz CT molecular complexity index is 2380. The van der Waals surface area contributed by atoms with E-state index in [2.05, 4.69) is 234 Å². The van der Waals surface area contributed by atoms with Crippen LogP contribution in [0.4, 0.5) is 11.4 Å². The average molecular weight is 782 g/mol. The molecule has 7 aromatic carbocycles. The lowest BCUT2D eigenvalue weighted by Gasteiger charge is -2.24. The quantitative estimate of drug-likeness (QED) is 0.0392. The van der Waals surface area contributed by atoms with Crippen LogP contribution in [0.1, 0.15) is 27.8 Å². The molecular weight excluding hydrogens is 741 g/mol. The maximum atomic E-state index is 2.41. The van der Waals surface area contributed by atoms with Crippen LogP contribution in [0.3, 0.4) is 0 Å². The normalized spacial score (nSPS) is 12.3. The molecule has 0 aliphatic heterocycles. The van der Waals surface area contributed by atoms with Gasteiger partial charge >= 0.3 is 0 Å². The van der Waals surface area contributed by atoms with Crippen LogP contribution < -0.4 is 4.90 Å². The van der Waals surface area contributed by atoms with Gasteiger partial charge in [-0.1, -0.05) is 211 Å². The summed E-state index contributed by atoms with van der Waals surface area (Å²) in [5.74, 6) is 0. The minimum absolute atomic E-state index is 0.729. The lowest BCUT2D eigenvalue weighted by Crippen LogP contribution is -2.16. The first kappa shape index (κ1) is 34.7. The van der Waals surface area contributed by atoms with E-state index in [1.807, 2.05) is 12.1 Å². The molecule has 0 N–H and O–H groups in total. The molecule has 0 spiro atoms. The van der Waals surface area contributed by atoms with E-state index in [9.17, 15) is 0 Å². The van der Waals surface area contributed by atoms with Gasteiger partial charge in [-0.05, 0) is 85.3 Å². The highest BCUT2D eigenvalue weighted by molar-refractivity contribution is 14.1. The minimum atomic E-state index is 0.729. The Hall–Kier alpha value is -5.71. The topological polar surface area (TPSA) is 3.24 Å². The molecule has 0 atom stereocenters. The molecule has 0 amide bonds. The predicted octanol–water partition coefficient (Wildman–Crippen LogP) is 14.1. The fourth-order valence-electron chi connectivity index (χ4n) is 6.32. The number of fused-ring (bicyclic) bond motifs is 3. The van der Waals surface area contributed by atoms with E-state index in [1.54, 1.807) is 0 Å². The molecule has 0 aromatic heterocycles. The van der Waals surface area contributed by atoms with Crippen molar-refractivity contribution in [3.63, 3.8) is 0 Å². The Kier molecular flexibility index (Phi) is 11.7. The summed E-state index contributed by atoms with van der Waals surface area (Å²) in [6, 6.07) is 58.3. The van der Waals surface area contributed by atoms with E-state index in [0.29, 0.717) is 0 Å². The van der Waals surface area contributed by atoms with Crippen molar-refractivity contribution in [3.05, 3.63) is 221 Å². The summed E-state index contributed by atoms with van der Waals surface area (Å²) in [7, 11) is 0. The third kappa shape index (κ3) is 9.14. The van der Waals surface area contributed by atoms with Crippen LogP contribution in [0.15, 0.2) is 194 Å². The fourth-order valence-corrected chi connectivity index (χ4v) is 6.83. The van der Waals surface area contributed by atoms with Gasteiger partial charge in [-0.15, -0.1) is 0 Å². The van der Waals surface area contributed by atoms with Crippen molar-refractivity contribution in [1.29, 1.82) is 0 Å². The highest BCUT2D eigenvalue weighted by atomic mass is 127. The van der Waals surface area contributed by atoms with E-state index < -0.39 is 0 Å². The molecule has 7 aromatic rings. The summed E-state index contributed by atoms with van der Waals surface area (Å²) in [5, 5.41) is 4.99. The SMILES string of the molecule is IC/C=C(\C=C/CN(c1ccc(/C=C/c2ccccc2)cc1)c1ccc2c(ccc3cc(/C=C/c4ccccc4)ccc32)c1)/C=C/c1ccccc1. The van der Waals surface area contributed by atoms with Gasteiger partial charge < -0.3 is 4.90 Å². The Balaban J connectivity index is 1.18. The Morgan fingerprint density at radius 2 is 0.923 bits per heavy atom. The van der Waals surface area contributed by atoms with Crippen molar-refractivity contribution in [3.8, 4) is 0 Å². The number of benzene rings is 7. The maximum absolute atomic E-state index is 2.41. The molecule has 252 valence electrons. The molecule has 0 bridgehead atoms. The summed E-state index contributed by atoms with van der Waals surface area (Å²) in [4.78, 5) is 2.39. The Labute approximate surface area is 321 Å². The van der Waals surface area contributed by atoms with Gasteiger partial charge in [0.05, 0.1) is 0 Å². The van der Waals surface area contributed by atoms with Crippen molar-refractivity contribution in [2.45, 2.75) is 0 Å².